The summed E-state index contributed by atoms with van der Waals surface area (Å²) in [6, 6.07) is 2.80. The predicted octanol–water partition coefficient (Wildman–Crippen LogP) is 1.81. The molecule has 1 aliphatic carbocycles. The topological polar surface area (TPSA) is 41.3 Å². The van der Waals surface area contributed by atoms with Crippen LogP contribution in [0.3, 0.4) is 0 Å². The third-order valence-electron chi connectivity index (χ3n) is 4.38. The zero-order valence-electron chi connectivity index (χ0n) is 11.0. The van der Waals surface area contributed by atoms with Crippen LogP contribution in [0.2, 0.25) is 0 Å². The molecule has 100 valence electrons. The SMILES string of the molecule is OCC1CCN(Cc2ccn(C3CCCC3)n2)C1. The van der Waals surface area contributed by atoms with Crippen LogP contribution in [-0.4, -0.2) is 39.5 Å². The second-order valence-electron chi connectivity index (χ2n) is 5.80. The Labute approximate surface area is 109 Å². The molecule has 18 heavy (non-hydrogen) atoms. The normalized spacial score (nSPS) is 26.2. The van der Waals surface area contributed by atoms with Crippen molar-refractivity contribution < 1.29 is 5.11 Å². The van der Waals surface area contributed by atoms with Crippen LogP contribution in [0.5, 0.6) is 0 Å². The zero-order valence-corrected chi connectivity index (χ0v) is 11.0. The van der Waals surface area contributed by atoms with Crippen LogP contribution in [0.4, 0.5) is 0 Å². The summed E-state index contributed by atoms with van der Waals surface area (Å²) in [7, 11) is 0. The van der Waals surface area contributed by atoms with Gasteiger partial charge in [-0.3, -0.25) is 9.58 Å². The van der Waals surface area contributed by atoms with Crippen LogP contribution in [0.15, 0.2) is 12.3 Å². The maximum atomic E-state index is 9.15. The minimum atomic E-state index is 0.326. The Morgan fingerprint density at radius 1 is 1.28 bits per heavy atom. The average Bonchev–Trinajstić information content (AvgIpc) is 3.10. The highest BCUT2D eigenvalue weighted by atomic mass is 16.3. The molecule has 2 fully saturated rings. The summed E-state index contributed by atoms with van der Waals surface area (Å²) in [6.07, 6.45) is 8.55. The molecular formula is C14H23N3O. The van der Waals surface area contributed by atoms with E-state index in [1.165, 1.54) is 31.4 Å². The molecule has 0 bridgehead atoms. The number of aliphatic hydroxyl groups excluding tert-OH is 1. The van der Waals surface area contributed by atoms with Crippen molar-refractivity contribution in [3.63, 3.8) is 0 Å². The highest BCUT2D eigenvalue weighted by Crippen LogP contribution is 2.29. The Morgan fingerprint density at radius 2 is 2.11 bits per heavy atom. The number of hydrogen-bond donors (Lipinski definition) is 1. The van der Waals surface area contributed by atoms with E-state index in [0.29, 0.717) is 18.6 Å². The lowest BCUT2D eigenvalue weighted by molar-refractivity contribution is 0.219. The maximum Gasteiger partial charge on any atom is 0.0764 e. The lowest BCUT2D eigenvalue weighted by Crippen LogP contribution is -2.21. The fourth-order valence-electron chi connectivity index (χ4n) is 3.27. The van der Waals surface area contributed by atoms with E-state index in [2.05, 4.69) is 21.8 Å². The number of likely N-dealkylation sites (tertiary alicyclic amines) is 1. The molecule has 0 amide bonds. The molecule has 1 aromatic heterocycles. The third kappa shape index (κ3) is 2.59. The van der Waals surface area contributed by atoms with Crippen molar-refractivity contribution in [3.05, 3.63) is 18.0 Å². The molecule has 4 heteroatoms. The van der Waals surface area contributed by atoms with Gasteiger partial charge in [0.05, 0.1) is 11.7 Å². The van der Waals surface area contributed by atoms with E-state index in [-0.39, 0.29) is 0 Å². The quantitative estimate of drug-likeness (QED) is 0.885. The summed E-state index contributed by atoms with van der Waals surface area (Å²) in [5, 5.41) is 13.9. The van der Waals surface area contributed by atoms with Gasteiger partial charge in [-0.05, 0) is 37.8 Å². The molecule has 4 nitrogen and oxygen atoms in total. The largest absolute Gasteiger partial charge is 0.396 e. The standard InChI is InChI=1S/C14H23N3O/c18-11-12-5-7-16(9-12)10-13-6-8-17(15-13)14-3-1-2-4-14/h6,8,12,14,18H,1-5,7,9-11H2. The first kappa shape index (κ1) is 12.2. The number of hydrogen-bond acceptors (Lipinski definition) is 3. The summed E-state index contributed by atoms with van der Waals surface area (Å²) in [6.45, 7) is 3.39. The minimum absolute atomic E-state index is 0.326. The van der Waals surface area contributed by atoms with E-state index in [9.17, 15) is 0 Å². The lowest BCUT2D eigenvalue weighted by atomic mass is 10.1. The van der Waals surface area contributed by atoms with Crippen LogP contribution in [0.25, 0.3) is 0 Å². The molecule has 1 aliphatic heterocycles. The Bertz CT molecular complexity index is 384. The first-order chi connectivity index (χ1) is 8.85. The first-order valence-corrected chi connectivity index (χ1v) is 7.22. The van der Waals surface area contributed by atoms with Crippen LogP contribution in [0, 0.1) is 5.92 Å². The van der Waals surface area contributed by atoms with Gasteiger partial charge >= 0.3 is 0 Å². The molecule has 0 spiro atoms. The summed E-state index contributed by atoms with van der Waals surface area (Å²) in [5.41, 5.74) is 1.18. The van der Waals surface area contributed by atoms with E-state index in [4.69, 9.17) is 10.2 Å². The maximum absolute atomic E-state index is 9.15. The van der Waals surface area contributed by atoms with E-state index in [1.807, 2.05) is 0 Å². The molecule has 1 atom stereocenters. The van der Waals surface area contributed by atoms with Crippen molar-refractivity contribution in [1.82, 2.24) is 14.7 Å². The van der Waals surface area contributed by atoms with Crippen LogP contribution in [-0.2, 0) is 6.54 Å². The predicted molar refractivity (Wildman–Crippen MR) is 70.2 cm³/mol. The molecule has 1 N–H and O–H groups in total. The van der Waals surface area contributed by atoms with Gasteiger partial charge in [0.25, 0.3) is 0 Å². The van der Waals surface area contributed by atoms with Gasteiger partial charge in [-0.1, -0.05) is 12.8 Å². The van der Waals surface area contributed by atoms with Crippen molar-refractivity contribution in [2.75, 3.05) is 19.7 Å². The number of aliphatic hydroxyl groups is 1. The monoisotopic (exact) mass is 249 g/mol. The van der Waals surface area contributed by atoms with Crippen LogP contribution in [0.1, 0.15) is 43.8 Å². The molecular weight excluding hydrogens is 226 g/mol. The first-order valence-electron chi connectivity index (χ1n) is 7.22. The molecule has 3 rings (SSSR count). The summed E-state index contributed by atoms with van der Waals surface area (Å²) in [4.78, 5) is 2.40. The Balaban J connectivity index is 1.57. The van der Waals surface area contributed by atoms with Crippen molar-refractivity contribution in [3.8, 4) is 0 Å². The molecule has 0 aromatic carbocycles. The van der Waals surface area contributed by atoms with Crippen LogP contribution < -0.4 is 0 Å². The highest BCUT2D eigenvalue weighted by Gasteiger charge is 2.23. The van der Waals surface area contributed by atoms with E-state index < -0.39 is 0 Å². The minimum Gasteiger partial charge on any atom is -0.396 e. The van der Waals surface area contributed by atoms with Crippen molar-refractivity contribution in [2.24, 2.45) is 5.92 Å². The van der Waals surface area contributed by atoms with Crippen molar-refractivity contribution in [1.29, 1.82) is 0 Å². The third-order valence-corrected chi connectivity index (χ3v) is 4.38. The summed E-state index contributed by atoms with van der Waals surface area (Å²) in [5.74, 6) is 0.474. The van der Waals surface area contributed by atoms with Gasteiger partial charge in [-0.25, -0.2) is 0 Å². The highest BCUT2D eigenvalue weighted by molar-refractivity contribution is 5.01. The van der Waals surface area contributed by atoms with Crippen molar-refractivity contribution >= 4 is 0 Å². The van der Waals surface area contributed by atoms with Gasteiger partial charge in [-0.2, -0.15) is 5.10 Å². The summed E-state index contributed by atoms with van der Waals surface area (Å²) < 4.78 is 2.17. The lowest BCUT2D eigenvalue weighted by Gasteiger charge is -2.14. The van der Waals surface area contributed by atoms with E-state index in [1.54, 1.807) is 0 Å². The Morgan fingerprint density at radius 3 is 2.83 bits per heavy atom. The van der Waals surface area contributed by atoms with Crippen LogP contribution >= 0.6 is 0 Å². The van der Waals surface area contributed by atoms with Gasteiger partial charge in [0.2, 0.25) is 0 Å². The van der Waals surface area contributed by atoms with Gasteiger partial charge in [-0.15, -0.1) is 0 Å². The van der Waals surface area contributed by atoms with Crippen molar-refractivity contribution in [2.45, 2.75) is 44.7 Å². The molecule has 1 saturated carbocycles. The second kappa shape index (κ2) is 5.41. The summed E-state index contributed by atoms with van der Waals surface area (Å²) >= 11 is 0. The number of nitrogens with zero attached hydrogens (tertiary/aromatic N) is 3. The molecule has 2 aliphatic rings. The zero-order chi connectivity index (χ0) is 12.4. The van der Waals surface area contributed by atoms with Gasteiger partial charge in [0.15, 0.2) is 0 Å². The second-order valence-corrected chi connectivity index (χ2v) is 5.80. The molecule has 1 unspecified atom stereocenters. The van der Waals surface area contributed by atoms with Gasteiger partial charge < -0.3 is 5.11 Å². The number of aromatic nitrogens is 2. The molecule has 1 saturated heterocycles. The van der Waals surface area contributed by atoms with E-state index in [0.717, 1.165) is 26.1 Å². The smallest absolute Gasteiger partial charge is 0.0764 e. The Kier molecular flexibility index (Phi) is 3.66. The fraction of sp³-hybridized carbons (Fsp3) is 0.786. The molecule has 0 radical (unpaired) electrons. The van der Waals surface area contributed by atoms with Gasteiger partial charge in [0, 0.05) is 25.9 Å². The molecule has 2 heterocycles. The molecule has 1 aromatic rings. The fourth-order valence-corrected chi connectivity index (χ4v) is 3.27. The Hall–Kier alpha value is -0.870. The van der Waals surface area contributed by atoms with Gasteiger partial charge in [0.1, 0.15) is 0 Å². The average molecular weight is 249 g/mol. The van der Waals surface area contributed by atoms with E-state index >= 15 is 0 Å². The number of rotatable bonds is 4.